The minimum atomic E-state index is -0.456. The number of hydrogen-bond donors (Lipinski definition) is 2. The second kappa shape index (κ2) is 7.46. The van der Waals surface area contributed by atoms with E-state index in [2.05, 4.69) is 10.3 Å². The number of nitrogens with two attached hydrogens (primary N) is 1. The summed E-state index contributed by atoms with van der Waals surface area (Å²) >= 11 is 0. The Morgan fingerprint density at radius 3 is 2.91 bits per heavy atom. The first kappa shape index (κ1) is 10.3. The van der Waals surface area contributed by atoms with Crippen LogP contribution in [0.2, 0.25) is 0 Å². The molecule has 5 nitrogen and oxygen atoms in total. The molecule has 0 saturated heterocycles. The Kier molecular flexibility index (Phi) is 7.02. The van der Waals surface area contributed by atoms with Crippen LogP contribution in [0.5, 0.6) is 0 Å². The molecule has 5 heteroatoms. The molecule has 0 fully saturated rings. The molecule has 0 rings (SSSR count). The number of carbonyl (C=O) groups is 1. The van der Waals surface area contributed by atoms with Gasteiger partial charge in [0, 0.05) is 20.3 Å². The molecule has 0 aromatic heterocycles. The quantitative estimate of drug-likeness (QED) is 0.388. The van der Waals surface area contributed by atoms with Crippen LogP contribution in [0.4, 0.5) is 0 Å². The zero-order chi connectivity index (χ0) is 8.53. The lowest BCUT2D eigenvalue weighted by atomic mass is 10.5. The summed E-state index contributed by atoms with van der Waals surface area (Å²) in [5.74, 6) is -0.456. The molecule has 0 bridgehead atoms. The highest BCUT2D eigenvalue weighted by molar-refractivity contribution is 5.70. The largest absolute Gasteiger partial charge is 0.385 e. The summed E-state index contributed by atoms with van der Waals surface area (Å²) in [7, 11) is 1.62. The maximum absolute atomic E-state index is 10.4. The first-order valence-corrected chi connectivity index (χ1v) is 3.42. The number of hydroxylamine groups is 1. The normalized spacial score (nSPS) is 9.64. The number of hydrogen-bond acceptors (Lipinski definition) is 5. The highest BCUT2D eigenvalue weighted by atomic mass is 16.7. The lowest BCUT2D eigenvalue weighted by Gasteiger charge is -2.02. The van der Waals surface area contributed by atoms with Gasteiger partial charge in [0.1, 0.15) is 0 Å². The Bertz CT molecular complexity index is 108. The average Bonchev–Trinajstić information content (AvgIpc) is 2.04. The van der Waals surface area contributed by atoms with Crippen molar-refractivity contribution in [2.24, 2.45) is 5.73 Å². The summed E-state index contributed by atoms with van der Waals surface area (Å²) in [4.78, 5) is 14.9. The highest BCUT2D eigenvalue weighted by Gasteiger charge is 1.95. The van der Waals surface area contributed by atoms with Crippen molar-refractivity contribution in [3.63, 3.8) is 0 Å². The molecule has 3 N–H and O–H groups in total. The second-order valence-electron chi connectivity index (χ2n) is 1.92. The van der Waals surface area contributed by atoms with Gasteiger partial charge in [0.25, 0.3) is 0 Å². The van der Waals surface area contributed by atoms with Crippen LogP contribution in [-0.2, 0) is 14.4 Å². The van der Waals surface area contributed by atoms with E-state index < -0.39 is 5.97 Å². The van der Waals surface area contributed by atoms with E-state index in [4.69, 9.17) is 10.5 Å². The third-order valence-corrected chi connectivity index (χ3v) is 0.980. The second-order valence-corrected chi connectivity index (χ2v) is 1.92. The molecular weight excluding hydrogens is 148 g/mol. The fourth-order valence-electron chi connectivity index (χ4n) is 0.462. The molecule has 0 spiro atoms. The fraction of sp³-hybridized carbons (Fsp3) is 0.833. The Labute approximate surface area is 65.8 Å². The van der Waals surface area contributed by atoms with E-state index in [-0.39, 0.29) is 6.54 Å². The monoisotopic (exact) mass is 162 g/mol. The smallest absolute Gasteiger partial charge is 0.338 e. The van der Waals surface area contributed by atoms with Crippen molar-refractivity contribution < 1.29 is 14.4 Å². The molecule has 0 aromatic carbocycles. The molecule has 0 saturated carbocycles. The topological polar surface area (TPSA) is 73.6 Å². The van der Waals surface area contributed by atoms with Crippen LogP contribution in [0.3, 0.4) is 0 Å². The zero-order valence-electron chi connectivity index (χ0n) is 6.63. The molecule has 0 amide bonds. The van der Waals surface area contributed by atoms with Crippen molar-refractivity contribution in [1.29, 1.82) is 0 Å². The molecule has 0 aliphatic carbocycles. The summed E-state index contributed by atoms with van der Waals surface area (Å²) < 4.78 is 4.77. The molecule has 0 aromatic rings. The standard InChI is InChI=1S/C6H14N2O3/c1-10-4-2-3-8-11-6(9)5-7/h8H,2-5,7H2,1H3. The van der Waals surface area contributed by atoms with Gasteiger partial charge in [0.05, 0.1) is 6.54 Å². The molecule has 0 radical (unpaired) electrons. The van der Waals surface area contributed by atoms with Gasteiger partial charge in [-0.15, -0.1) is 0 Å². The van der Waals surface area contributed by atoms with Crippen LogP contribution in [0.15, 0.2) is 0 Å². The summed E-state index contributed by atoms with van der Waals surface area (Å²) in [5.41, 5.74) is 7.44. The molecule has 0 aliphatic rings. The molecule has 0 aliphatic heterocycles. The predicted octanol–water partition coefficient (Wildman–Crippen LogP) is -0.971. The molecular formula is C6H14N2O3. The minimum Gasteiger partial charge on any atom is -0.385 e. The van der Waals surface area contributed by atoms with Gasteiger partial charge in [-0.1, -0.05) is 0 Å². The number of ether oxygens (including phenoxy) is 1. The SMILES string of the molecule is COCCCNOC(=O)CN. The lowest BCUT2D eigenvalue weighted by Crippen LogP contribution is -2.26. The highest BCUT2D eigenvalue weighted by Crippen LogP contribution is 1.77. The molecule has 0 heterocycles. The maximum Gasteiger partial charge on any atom is 0.338 e. The van der Waals surface area contributed by atoms with Crippen molar-refractivity contribution in [2.75, 3.05) is 26.8 Å². The van der Waals surface area contributed by atoms with Gasteiger partial charge in [-0.25, -0.2) is 4.79 Å². The van der Waals surface area contributed by atoms with Crippen molar-refractivity contribution >= 4 is 5.97 Å². The lowest BCUT2D eigenvalue weighted by molar-refractivity contribution is -0.149. The molecule has 0 unspecified atom stereocenters. The predicted molar refractivity (Wildman–Crippen MR) is 39.6 cm³/mol. The number of carbonyl (C=O) groups excluding carboxylic acids is 1. The summed E-state index contributed by atoms with van der Waals surface area (Å²) in [6.07, 6.45) is 0.800. The number of nitrogens with one attached hydrogen (secondary N) is 1. The van der Waals surface area contributed by atoms with Gasteiger partial charge in [0.2, 0.25) is 0 Å². The first-order valence-electron chi connectivity index (χ1n) is 3.42. The van der Waals surface area contributed by atoms with Crippen LogP contribution >= 0.6 is 0 Å². The van der Waals surface area contributed by atoms with Crippen molar-refractivity contribution in [3.05, 3.63) is 0 Å². The van der Waals surface area contributed by atoms with Gasteiger partial charge in [-0.3, -0.25) is 0 Å². The van der Waals surface area contributed by atoms with Gasteiger partial charge in [-0.2, -0.15) is 5.48 Å². The Morgan fingerprint density at radius 1 is 1.64 bits per heavy atom. The van der Waals surface area contributed by atoms with E-state index >= 15 is 0 Å². The van der Waals surface area contributed by atoms with E-state index in [0.717, 1.165) is 6.42 Å². The van der Waals surface area contributed by atoms with Gasteiger partial charge >= 0.3 is 5.97 Å². The van der Waals surface area contributed by atoms with Crippen molar-refractivity contribution in [2.45, 2.75) is 6.42 Å². The van der Waals surface area contributed by atoms with Crippen LogP contribution in [-0.4, -0.2) is 32.8 Å². The molecule has 11 heavy (non-hydrogen) atoms. The van der Waals surface area contributed by atoms with Crippen LogP contribution in [0.25, 0.3) is 0 Å². The minimum absolute atomic E-state index is 0.0999. The Hall–Kier alpha value is -0.650. The number of rotatable bonds is 6. The van der Waals surface area contributed by atoms with Gasteiger partial charge < -0.3 is 15.3 Å². The van der Waals surface area contributed by atoms with E-state index in [0.29, 0.717) is 13.2 Å². The Morgan fingerprint density at radius 2 is 2.36 bits per heavy atom. The van der Waals surface area contributed by atoms with E-state index in [1.807, 2.05) is 0 Å². The van der Waals surface area contributed by atoms with Crippen molar-refractivity contribution in [1.82, 2.24) is 5.48 Å². The zero-order valence-corrected chi connectivity index (χ0v) is 6.63. The van der Waals surface area contributed by atoms with Gasteiger partial charge in [-0.05, 0) is 6.42 Å². The first-order chi connectivity index (χ1) is 5.31. The molecule has 0 atom stereocenters. The number of methoxy groups -OCH3 is 1. The summed E-state index contributed by atoms with van der Waals surface area (Å²) in [5, 5.41) is 0. The maximum atomic E-state index is 10.4. The Balaban J connectivity index is 2.95. The fourth-order valence-corrected chi connectivity index (χ4v) is 0.462. The summed E-state index contributed by atoms with van der Waals surface area (Å²) in [6.45, 7) is 1.13. The average molecular weight is 162 g/mol. The van der Waals surface area contributed by atoms with Gasteiger partial charge in [0.15, 0.2) is 0 Å². The van der Waals surface area contributed by atoms with Crippen LogP contribution < -0.4 is 11.2 Å². The third-order valence-electron chi connectivity index (χ3n) is 0.980. The molecule has 66 valence electrons. The van der Waals surface area contributed by atoms with E-state index in [1.54, 1.807) is 7.11 Å². The van der Waals surface area contributed by atoms with E-state index in [9.17, 15) is 4.79 Å². The van der Waals surface area contributed by atoms with Crippen LogP contribution in [0, 0.1) is 0 Å². The van der Waals surface area contributed by atoms with Crippen LogP contribution in [0.1, 0.15) is 6.42 Å². The van der Waals surface area contributed by atoms with E-state index in [1.165, 1.54) is 0 Å². The third kappa shape index (κ3) is 7.24. The van der Waals surface area contributed by atoms with Crippen molar-refractivity contribution in [3.8, 4) is 0 Å². The summed E-state index contributed by atoms with van der Waals surface area (Å²) in [6, 6.07) is 0.